The lowest BCUT2D eigenvalue weighted by Gasteiger charge is -2.33. The highest BCUT2D eigenvalue weighted by molar-refractivity contribution is 5.30. The van der Waals surface area contributed by atoms with Crippen molar-refractivity contribution < 1.29 is 0 Å². The Balaban J connectivity index is 2.01. The van der Waals surface area contributed by atoms with Gasteiger partial charge in [0.25, 0.3) is 0 Å². The van der Waals surface area contributed by atoms with E-state index in [1.54, 1.807) is 0 Å². The van der Waals surface area contributed by atoms with Gasteiger partial charge in [0.1, 0.15) is 5.82 Å². The third kappa shape index (κ3) is 3.08. The number of piperidine rings is 1. The number of hydrogen-bond acceptors (Lipinski definition) is 4. The Morgan fingerprint density at radius 3 is 2.58 bits per heavy atom. The van der Waals surface area contributed by atoms with Gasteiger partial charge < -0.3 is 10.6 Å². The molecule has 1 unspecified atom stereocenters. The van der Waals surface area contributed by atoms with Crippen LogP contribution in [0.25, 0.3) is 0 Å². The highest BCUT2D eigenvalue weighted by Gasteiger charge is 2.27. The third-order valence-corrected chi connectivity index (χ3v) is 4.56. The molecule has 5 nitrogen and oxygen atoms in total. The molecule has 0 aromatic carbocycles. The van der Waals surface area contributed by atoms with Crippen LogP contribution in [0.1, 0.15) is 52.8 Å². The summed E-state index contributed by atoms with van der Waals surface area (Å²) in [6.07, 6.45) is 3.33. The van der Waals surface area contributed by atoms with E-state index >= 15 is 0 Å². The second-order valence-electron chi connectivity index (χ2n) is 6.41. The van der Waals surface area contributed by atoms with Crippen LogP contribution in [0.5, 0.6) is 0 Å². The molecule has 1 aliphatic rings. The molecule has 5 heteroatoms. The van der Waals surface area contributed by atoms with E-state index < -0.39 is 0 Å². The Hall–Kier alpha value is -1.10. The molecule has 0 radical (unpaired) electrons. The normalized spacial score (nSPS) is 19.7. The van der Waals surface area contributed by atoms with Crippen LogP contribution in [-0.2, 0) is 5.41 Å². The van der Waals surface area contributed by atoms with Gasteiger partial charge in [-0.1, -0.05) is 20.8 Å². The summed E-state index contributed by atoms with van der Waals surface area (Å²) >= 11 is 0. The second kappa shape index (κ2) is 5.49. The Morgan fingerprint density at radius 2 is 2.05 bits per heavy atom. The van der Waals surface area contributed by atoms with Crippen LogP contribution in [0.2, 0.25) is 0 Å². The molecular weight excluding hydrogens is 238 g/mol. The molecule has 3 N–H and O–H groups in total. The van der Waals surface area contributed by atoms with E-state index in [4.69, 9.17) is 5.73 Å². The van der Waals surface area contributed by atoms with Crippen LogP contribution in [0.15, 0.2) is 0 Å². The molecule has 2 rings (SSSR count). The summed E-state index contributed by atoms with van der Waals surface area (Å²) in [5.41, 5.74) is 6.04. The molecule has 0 aliphatic carbocycles. The summed E-state index contributed by atoms with van der Waals surface area (Å²) in [6, 6.07) is 0.295. The fraction of sp³-hybridized carbons (Fsp3) is 0.857. The zero-order valence-electron chi connectivity index (χ0n) is 12.6. The number of nitrogens with two attached hydrogens (primary N) is 1. The van der Waals surface area contributed by atoms with Crippen molar-refractivity contribution in [2.45, 2.75) is 58.4 Å². The molecule has 0 spiro atoms. The van der Waals surface area contributed by atoms with Gasteiger partial charge >= 0.3 is 0 Å². The first-order chi connectivity index (χ1) is 8.94. The van der Waals surface area contributed by atoms with Crippen LogP contribution < -0.4 is 10.6 Å². The van der Waals surface area contributed by atoms with E-state index in [2.05, 4.69) is 47.8 Å². The first kappa shape index (κ1) is 14.3. The van der Waals surface area contributed by atoms with Gasteiger partial charge in [0.05, 0.1) is 0 Å². The minimum Gasteiger partial charge on any atom is -0.340 e. The molecule has 1 atom stereocenters. The smallest absolute Gasteiger partial charge is 0.244 e. The maximum atomic E-state index is 5.97. The van der Waals surface area contributed by atoms with Gasteiger partial charge in [0.15, 0.2) is 0 Å². The lowest BCUT2D eigenvalue weighted by Crippen LogP contribution is -2.40. The van der Waals surface area contributed by atoms with Crippen molar-refractivity contribution in [2.24, 2.45) is 11.7 Å². The molecule has 1 saturated heterocycles. The number of nitrogens with one attached hydrogen (secondary N) is 1. The number of H-pyrrole nitrogens is 1. The quantitative estimate of drug-likeness (QED) is 0.874. The molecular formula is C14H27N5. The maximum Gasteiger partial charge on any atom is 0.244 e. The zero-order valence-corrected chi connectivity index (χ0v) is 12.6. The van der Waals surface area contributed by atoms with E-state index in [1.165, 1.54) is 0 Å². The molecule has 1 fully saturated rings. The van der Waals surface area contributed by atoms with Crippen LogP contribution in [0, 0.1) is 5.92 Å². The maximum absolute atomic E-state index is 5.97. The van der Waals surface area contributed by atoms with Crippen LogP contribution in [0.3, 0.4) is 0 Å². The Labute approximate surface area is 116 Å². The monoisotopic (exact) mass is 265 g/mol. The highest BCUT2D eigenvalue weighted by Crippen LogP contribution is 2.26. The summed E-state index contributed by atoms with van der Waals surface area (Å²) < 4.78 is 0. The van der Waals surface area contributed by atoms with Crippen LogP contribution in [0.4, 0.5) is 5.95 Å². The van der Waals surface area contributed by atoms with Crippen molar-refractivity contribution in [1.29, 1.82) is 0 Å². The van der Waals surface area contributed by atoms with Crippen molar-refractivity contribution in [3.8, 4) is 0 Å². The summed E-state index contributed by atoms with van der Waals surface area (Å²) in [4.78, 5) is 6.94. The Kier molecular flexibility index (Phi) is 4.13. The Morgan fingerprint density at radius 1 is 1.42 bits per heavy atom. The van der Waals surface area contributed by atoms with Crippen molar-refractivity contribution in [3.63, 3.8) is 0 Å². The number of nitrogens with zero attached hydrogens (tertiary/aromatic N) is 3. The average Bonchev–Trinajstić information content (AvgIpc) is 2.89. The lowest BCUT2D eigenvalue weighted by atomic mass is 9.89. The molecule has 2 heterocycles. The topological polar surface area (TPSA) is 70.8 Å². The van der Waals surface area contributed by atoms with Gasteiger partial charge in [-0.15, -0.1) is 5.10 Å². The molecule has 1 aromatic heterocycles. The predicted octanol–water partition coefficient (Wildman–Crippen LogP) is 2.06. The van der Waals surface area contributed by atoms with E-state index in [1.807, 2.05) is 0 Å². The van der Waals surface area contributed by atoms with Gasteiger partial charge in [-0.25, -0.2) is 0 Å². The van der Waals surface area contributed by atoms with Gasteiger partial charge in [-0.2, -0.15) is 4.98 Å². The van der Waals surface area contributed by atoms with Crippen molar-refractivity contribution in [3.05, 3.63) is 5.82 Å². The number of rotatable bonds is 4. The minimum absolute atomic E-state index is 0.0648. The minimum atomic E-state index is 0.0648. The third-order valence-electron chi connectivity index (χ3n) is 4.56. The summed E-state index contributed by atoms with van der Waals surface area (Å²) in [7, 11) is 0. The molecule has 1 aliphatic heterocycles. The summed E-state index contributed by atoms with van der Waals surface area (Å²) in [5, 5.41) is 7.48. The SMILES string of the molecule is CCC(C)(C)c1nc(N2CCC(C(C)N)CC2)n[nH]1. The van der Waals surface area contributed by atoms with Crippen molar-refractivity contribution in [1.82, 2.24) is 15.2 Å². The van der Waals surface area contributed by atoms with Crippen molar-refractivity contribution >= 4 is 5.95 Å². The average molecular weight is 265 g/mol. The molecule has 0 bridgehead atoms. The first-order valence-corrected chi connectivity index (χ1v) is 7.37. The largest absolute Gasteiger partial charge is 0.340 e. The van der Waals surface area contributed by atoms with Crippen LogP contribution >= 0.6 is 0 Å². The molecule has 0 amide bonds. The van der Waals surface area contributed by atoms with Crippen molar-refractivity contribution in [2.75, 3.05) is 18.0 Å². The zero-order chi connectivity index (χ0) is 14.0. The predicted molar refractivity (Wildman–Crippen MR) is 78.3 cm³/mol. The lowest BCUT2D eigenvalue weighted by molar-refractivity contribution is 0.352. The van der Waals surface area contributed by atoms with E-state index in [-0.39, 0.29) is 5.41 Å². The second-order valence-corrected chi connectivity index (χ2v) is 6.41. The molecule has 1 aromatic rings. The van der Waals surface area contributed by atoms with Gasteiger partial charge in [-0.05, 0) is 32.1 Å². The van der Waals surface area contributed by atoms with E-state index in [9.17, 15) is 0 Å². The summed E-state index contributed by atoms with van der Waals surface area (Å²) in [5.74, 6) is 2.47. The summed E-state index contributed by atoms with van der Waals surface area (Å²) in [6.45, 7) is 10.7. The number of aromatic amines is 1. The fourth-order valence-electron chi connectivity index (χ4n) is 2.49. The van der Waals surface area contributed by atoms with Gasteiger partial charge in [-0.3, -0.25) is 5.10 Å². The molecule has 19 heavy (non-hydrogen) atoms. The number of anilines is 1. The number of aromatic nitrogens is 3. The van der Waals surface area contributed by atoms with Gasteiger partial charge in [0.2, 0.25) is 5.95 Å². The molecule has 0 saturated carbocycles. The van der Waals surface area contributed by atoms with E-state index in [0.29, 0.717) is 12.0 Å². The highest BCUT2D eigenvalue weighted by atomic mass is 15.4. The fourth-order valence-corrected chi connectivity index (χ4v) is 2.49. The number of hydrogen-bond donors (Lipinski definition) is 2. The standard InChI is InChI=1S/C14H27N5/c1-5-14(3,4)12-16-13(18-17-12)19-8-6-11(7-9-19)10(2)15/h10-11H,5-9,15H2,1-4H3,(H,16,17,18). The van der Waals surface area contributed by atoms with Crippen LogP contribution in [-0.4, -0.2) is 34.3 Å². The van der Waals surface area contributed by atoms with Gasteiger partial charge in [0, 0.05) is 24.5 Å². The Bertz CT molecular complexity index is 402. The first-order valence-electron chi connectivity index (χ1n) is 7.37. The molecule has 108 valence electrons. The van der Waals surface area contributed by atoms with E-state index in [0.717, 1.165) is 44.1 Å².